The first-order valence-corrected chi connectivity index (χ1v) is 9.13. The van der Waals surface area contributed by atoms with Crippen LogP contribution in [-0.2, 0) is 4.79 Å². The van der Waals surface area contributed by atoms with E-state index < -0.39 is 0 Å². The Bertz CT molecular complexity index is 950. The molecule has 1 aliphatic carbocycles. The number of aliphatic hydroxyl groups excluding tert-OH is 1. The molecule has 0 aliphatic heterocycles. The Labute approximate surface area is 153 Å². The van der Waals surface area contributed by atoms with Crippen molar-refractivity contribution in [3.8, 4) is 0 Å². The van der Waals surface area contributed by atoms with Gasteiger partial charge in [0.25, 0.3) is 0 Å². The lowest BCUT2D eigenvalue weighted by molar-refractivity contribution is -0.123. The van der Waals surface area contributed by atoms with Crippen LogP contribution in [0, 0.1) is 12.8 Å². The largest absolute Gasteiger partial charge is 0.394 e. The van der Waals surface area contributed by atoms with Gasteiger partial charge in [-0.25, -0.2) is 0 Å². The molecule has 0 radical (unpaired) electrons. The summed E-state index contributed by atoms with van der Waals surface area (Å²) < 4.78 is 0. The van der Waals surface area contributed by atoms with Crippen LogP contribution < -0.4 is 5.32 Å². The molecule has 2 unspecified atom stereocenters. The Hall–Kier alpha value is -2.65. The second-order valence-electron chi connectivity index (χ2n) is 7.16. The average Bonchev–Trinajstić information content (AvgIpc) is 3.46. The fraction of sp³-hybridized carbons (Fsp3) is 0.261. The third-order valence-electron chi connectivity index (χ3n) is 5.39. The minimum atomic E-state index is -0.370. The Kier molecular flexibility index (Phi) is 4.48. The van der Waals surface area contributed by atoms with E-state index in [9.17, 15) is 9.90 Å². The van der Waals surface area contributed by atoms with Gasteiger partial charge >= 0.3 is 0 Å². The van der Waals surface area contributed by atoms with Gasteiger partial charge in [-0.1, -0.05) is 60.7 Å². The molecule has 3 aromatic carbocycles. The third-order valence-corrected chi connectivity index (χ3v) is 5.39. The number of fused-ring (bicyclic) bond motifs is 1. The highest BCUT2D eigenvalue weighted by atomic mass is 16.3. The maximum absolute atomic E-state index is 12.7. The average molecular weight is 345 g/mol. The van der Waals surface area contributed by atoms with Crippen LogP contribution in [0.2, 0.25) is 0 Å². The molecule has 1 saturated carbocycles. The fourth-order valence-corrected chi connectivity index (χ4v) is 3.77. The van der Waals surface area contributed by atoms with Gasteiger partial charge < -0.3 is 10.4 Å². The van der Waals surface area contributed by atoms with E-state index in [4.69, 9.17) is 0 Å². The molecule has 3 heteroatoms. The van der Waals surface area contributed by atoms with Crippen molar-refractivity contribution < 1.29 is 9.90 Å². The molecule has 26 heavy (non-hydrogen) atoms. The Balaban J connectivity index is 1.48. The molecule has 0 aromatic heterocycles. The Morgan fingerprint density at radius 1 is 1.08 bits per heavy atom. The number of rotatable bonds is 5. The second kappa shape index (κ2) is 6.93. The van der Waals surface area contributed by atoms with Crippen molar-refractivity contribution >= 4 is 16.7 Å². The molecule has 0 heterocycles. The summed E-state index contributed by atoms with van der Waals surface area (Å²) in [4.78, 5) is 12.7. The van der Waals surface area contributed by atoms with Crippen molar-refractivity contribution in [2.45, 2.75) is 25.3 Å². The first kappa shape index (κ1) is 16.8. The predicted molar refractivity (Wildman–Crippen MR) is 104 cm³/mol. The minimum Gasteiger partial charge on any atom is -0.394 e. The highest BCUT2D eigenvalue weighted by Crippen LogP contribution is 2.48. The third kappa shape index (κ3) is 3.23. The van der Waals surface area contributed by atoms with Crippen molar-refractivity contribution in [2.75, 3.05) is 6.61 Å². The summed E-state index contributed by atoms with van der Waals surface area (Å²) in [7, 11) is 0. The molecule has 4 rings (SSSR count). The first-order chi connectivity index (χ1) is 12.7. The van der Waals surface area contributed by atoms with Gasteiger partial charge in [0.1, 0.15) is 0 Å². The number of aliphatic hydroxyl groups is 1. The van der Waals surface area contributed by atoms with Crippen LogP contribution in [0.3, 0.4) is 0 Å². The molecule has 3 atom stereocenters. The van der Waals surface area contributed by atoms with Gasteiger partial charge in [0.2, 0.25) is 5.91 Å². The van der Waals surface area contributed by atoms with Gasteiger partial charge in [-0.2, -0.15) is 0 Å². The van der Waals surface area contributed by atoms with E-state index in [0.717, 1.165) is 22.8 Å². The van der Waals surface area contributed by atoms with Gasteiger partial charge in [-0.3, -0.25) is 4.79 Å². The minimum absolute atomic E-state index is 0.00519. The molecule has 1 aliphatic rings. The Morgan fingerprint density at radius 3 is 2.58 bits per heavy atom. The van der Waals surface area contributed by atoms with Gasteiger partial charge in [-0.05, 0) is 52.8 Å². The quantitative estimate of drug-likeness (QED) is 0.731. The standard InChI is InChI=1S/C23H23NO2/c1-15-6-2-5-9-19(15)20-13-21(20)23(26)24-22(14-25)18-11-10-16-7-3-4-8-17(16)12-18/h2-12,20-22,25H,13-14H2,1H3,(H,24,26)/t20?,21?,22-/m0/s1. The number of hydrogen-bond donors (Lipinski definition) is 2. The number of carbonyl (C=O) groups excluding carboxylic acids is 1. The number of nitrogens with one attached hydrogen (secondary N) is 1. The lowest BCUT2D eigenvalue weighted by Crippen LogP contribution is -2.32. The summed E-state index contributed by atoms with van der Waals surface area (Å²) >= 11 is 0. The van der Waals surface area contributed by atoms with Gasteiger partial charge in [0.15, 0.2) is 0 Å². The number of amides is 1. The van der Waals surface area contributed by atoms with E-state index in [1.54, 1.807) is 0 Å². The molecule has 132 valence electrons. The molecule has 0 spiro atoms. The monoisotopic (exact) mass is 345 g/mol. The van der Waals surface area contributed by atoms with Crippen molar-refractivity contribution in [3.05, 3.63) is 83.4 Å². The van der Waals surface area contributed by atoms with E-state index in [2.05, 4.69) is 30.4 Å². The molecule has 2 N–H and O–H groups in total. The second-order valence-corrected chi connectivity index (χ2v) is 7.16. The maximum atomic E-state index is 12.7. The van der Waals surface area contributed by atoms with Crippen LogP contribution in [0.15, 0.2) is 66.7 Å². The topological polar surface area (TPSA) is 49.3 Å². The van der Waals surface area contributed by atoms with E-state index in [-0.39, 0.29) is 24.5 Å². The lowest BCUT2D eigenvalue weighted by Gasteiger charge is -2.17. The van der Waals surface area contributed by atoms with Crippen molar-refractivity contribution in [2.24, 2.45) is 5.92 Å². The SMILES string of the molecule is Cc1ccccc1C1CC1C(=O)N[C@@H](CO)c1ccc2ccccc2c1. The summed E-state index contributed by atoms with van der Waals surface area (Å²) in [6.07, 6.45) is 0.882. The number of benzene rings is 3. The van der Waals surface area contributed by atoms with Crippen LogP contribution in [0.5, 0.6) is 0 Å². The summed E-state index contributed by atoms with van der Waals surface area (Å²) in [5.41, 5.74) is 3.44. The maximum Gasteiger partial charge on any atom is 0.224 e. The molecule has 3 nitrogen and oxygen atoms in total. The zero-order valence-electron chi connectivity index (χ0n) is 14.9. The smallest absolute Gasteiger partial charge is 0.224 e. The van der Waals surface area contributed by atoms with E-state index in [0.29, 0.717) is 5.92 Å². The molecule has 0 bridgehead atoms. The van der Waals surface area contributed by atoms with Crippen molar-refractivity contribution in [1.29, 1.82) is 0 Å². The zero-order chi connectivity index (χ0) is 18.1. The predicted octanol–water partition coefficient (Wildman–Crippen LogP) is 4.10. The molecule has 0 saturated heterocycles. The van der Waals surface area contributed by atoms with Crippen LogP contribution in [0.4, 0.5) is 0 Å². The lowest BCUT2D eigenvalue weighted by atomic mass is 10.0. The van der Waals surface area contributed by atoms with Crippen LogP contribution in [-0.4, -0.2) is 17.6 Å². The number of aryl methyl sites for hydroxylation is 1. The number of hydrogen-bond acceptors (Lipinski definition) is 2. The summed E-state index contributed by atoms with van der Waals surface area (Å²) in [6, 6.07) is 22.1. The molecule has 1 amide bonds. The van der Waals surface area contributed by atoms with E-state index >= 15 is 0 Å². The molecular formula is C23H23NO2. The fourth-order valence-electron chi connectivity index (χ4n) is 3.77. The highest BCUT2D eigenvalue weighted by molar-refractivity contribution is 5.85. The van der Waals surface area contributed by atoms with Gasteiger partial charge in [-0.15, -0.1) is 0 Å². The molecule has 1 fully saturated rings. The van der Waals surface area contributed by atoms with Crippen molar-refractivity contribution in [3.63, 3.8) is 0 Å². The van der Waals surface area contributed by atoms with Crippen LogP contribution >= 0.6 is 0 Å². The Morgan fingerprint density at radius 2 is 1.81 bits per heavy atom. The number of carbonyl (C=O) groups is 1. The zero-order valence-corrected chi connectivity index (χ0v) is 14.9. The van der Waals surface area contributed by atoms with Gasteiger partial charge in [0.05, 0.1) is 12.6 Å². The summed E-state index contributed by atoms with van der Waals surface area (Å²) in [5, 5.41) is 15.1. The normalized spacial score (nSPS) is 19.9. The molecule has 3 aromatic rings. The van der Waals surface area contributed by atoms with Crippen LogP contribution in [0.25, 0.3) is 10.8 Å². The van der Waals surface area contributed by atoms with E-state index in [1.165, 1.54) is 11.1 Å². The highest BCUT2D eigenvalue weighted by Gasteiger charge is 2.44. The molecular weight excluding hydrogens is 322 g/mol. The van der Waals surface area contributed by atoms with Crippen molar-refractivity contribution in [1.82, 2.24) is 5.32 Å². The first-order valence-electron chi connectivity index (χ1n) is 9.13. The summed E-state index contributed by atoms with van der Waals surface area (Å²) in [5.74, 6) is 0.336. The van der Waals surface area contributed by atoms with Gasteiger partial charge in [0, 0.05) is 5.92 Å². The van der Waals surface area contributed by atoms with E-state index in [1.807, 2.05) is 48.5 Å². The summed E-state index contributed by atoms with van der Waals surface area (Å²) in [6.45, 7) is 1.99. The van der Waals surface area contributed by atoms with Crippen LogP contribution in [0.1, 0.15) is 35.1 Å².